The van der Waals surface area contributed by atoms with Crippen LogP contribution in [0.3, 0.4) is 0 Å². The number of aromatic nitrogens is 1. The van der Waals surface area contributed by atoms with E-state index >= 15 is 0 Å². The molecule has 1 saturated heterocycles. The van der Waals surface area contributed by atoms with E-state index in [-0.39, 0.29) is 23.7 Å². The first kappa shape index (κ1) is 25.1. The molecule has 0 saturated carbocycles. The van der Waals surface area contributed by atoms with Gasteiger partial charge in [-0.05, 0) is 72.5 Å². The van der Waals surface area contributed by atoms with Crippen LogP contribution in [0.1, 0.15) is 48.9 Å². The van der Waals surface area contributed by atoms with Crippen LogP contribution in [0.2, 0.25) is 0 Å². The number of hydrogen-bond acceptors (Lipinski definition) is 5. The van der Waals surface area contributed by atoms with E-state index in [9.17, 15) is 19.1 Å². The van der Waals surface area contributed by atoms with Crippen molar-refractivity contribution in [1.29, 1.82) is 0 Å². The average Bonchev–Trinajstić information content (AvgIpc) is 3.16. The third kappa shape index (κ3) is 5.62. The second-order valence-electron chi connectivity index (χ2n) is 8.73. The molecule has 1 fully saturated rings. The summed E-state index contributed by atoms with van der Waals surface area (Å²) in [5.41, 5.74) is 1.95. The largest absolute Gasteiger partial charge is 0.507 e. The van der Waals surface area contributed by atoms with Gasteiger partial charge in [-0.1, -0.05) is 31.9 Å². The summed E-state index contributed by atoms with van der Waals surface area (Å²) in [5.74, 6) is -1.33. The number of carbonyl (C=O) groups is 2. The van der Waals surface area contributed by atoms with Crippen molar-refractivity contribution in [1.82, 2.24) is 9.88 Å². The predicted octanol–water partition coefficient (Wildman–Crippen LogP) is 5.45. The Balaban J connectivity index is 1.63. The maximum atomic E-state index is 13.3. The van der Waals surface area contributed by atoms with Crippen LogP contribution in [-0.4, -0.2) is 39.8 Å². The number of carbonyl (C=O) groups excluding carboxylic acids is 2. The van der Waals surface area contributed by atoms with Crippen LogP contribution >= 0.6 is 0 Å². The fourth-order valence-corrected chi connectivity index (χ4v) is 4.31. The van der Waals surface area contributed by atoms with Crippen LogP contribution < -0.4 is 4.74 Å². The summed E-state index contributed by atoms with van der Waals surface area (Å²) in [6, 6.07) is 15.6. The van der Waals surface area contributed by atoms with E-state index in [4.69, 9.17) is 4.74 Å². The summed E-state index contributed by atoms with van der Waals surface area (Å²) < 4.78 is 19.0. The Bertz CT molecular complexity index is 1220. The standard InChI is InChI=1S/C29H29FN2O4/c1-2-3-4-19-36-24-11-7-22(8-12-24)27(33)25-26(21-13-16-31-17-14-21)32(29(35)28(25)34)18-15-20-5-9-23(30)10-6-20/h5-14,16-17,26,33H,2-4,15,18-19H2,1H3/b27-25-. The summed E-state index contributed by atoms with van der Waals surface area (Å²) in [6.45, 7) is 2.97. The lowest BCUT2D eigenvalue weighted by molar-refractivity contribution is -0.139. The maximum absolute atomic E-state index is 13.3. The monoisotopic (exact) mass is 488 g/mol. The number of unbranched alkanes of at least 4 members (excludes halogenated alkanes) is 2. The minimum atomic E-state index is -0.765. The lowest BCUT2D eigenvalue weighted by Gasteiger charge is -2.25. The second kappa shape index (κ2) is 11.6. The number of likely N-dealkylation sites (tertiary alicyclic amines) is 1. The Hall–Kier alpha value is -4.00. The normalized spacial score (nSPS) is 16.9. The van der Waals surface area contributed by atoms with Gasteiger partial charge < -0.3 is 14.7 Å². The van der Waals surface area contributed by atoms with Gasteiger partial charge in [-0.2, -0.15) is 0 Å². The number of pyridine rings is 1. The molecule has 6 nitrogen and oxygen atoms in total. The Morgan fingerprint density at radius 1 is 1.00 bits per heavy atom. The number of aliphatic hydroxyl groups is 1. The van der Waals surface area contributed by atoms with Crippen molar-refractivity contribution in [2.24, 2.45) is 0 Å². The fraction of sp³-hybridized carbons (Fsp3) is 0.276. The summed E-state index contributed by atoms with van der Waals surface area (Å²) in [4.78, 5) is 31.7. The zero-order valence-electron chi connectivity index (χ0n) is 20.2. The molecule has 0 aliphatic carbocycles. The van der Waals surface area contributed by atoms with E-state index in [0.717, 1.165) is 24.8 Å². The SMILES string of the molecule is CCCCCOc1ccc(/C(O)=C2/C(=O)C(=O)N(CCc3ccc(F)cc3)C2c2ccncc2)cc1. The van der Waals surface area contributed by atoms with Gasteiger partial charge in [0.25, 0.3) is 11.7 Å². The van der Waals surface area contributed by atoms with Gasteiger partial charge >= 0.3 is 0 Å². The quantitative estimate of drug-likeness (QED) is 0.178. The average molecular weight is 489 g/mol. The molecule has 3 aromatic rings. The smallest absolute Gasteiger partial charge is 0.295 e. The molecule has 7 heteroatoms. The van der Waals surface area contributed by atoms with Crippen LogP contribution in [0, 0.1) is 5.82 Å². The number of amides is 1. The van der Waals surface area contributed by atoms with Crippen molar-refractivity contribution in [2.45, 2.75) is 38.6 Å². The molecule has 1 atom stereocenters. The summed E-state index contributed by atoms with van der Waals surface area (Å²) in [7, 11) is 0. The van der Waals surface area contributed by atoms with E-state index in [2.05, 4.69) is 11.9 Å². The number of benzene rings is 2. The topological polar surface area (TPSA) is 79.7 Å². The molecule has 36 heavy (non-hydrogen) atoms. The summed E-state index contributed by atoms with van der Waals surface area (Å²) >= 11 is 0. The first-order valence-corrected chi connectivity index (χ1v) is 12.2. The number of hydrogen-bond donors (Lipinski definition) is 1. The van der Waals surface area contributed by atoms with Gasteiger partial charge in [0, 0.05) is 24.5 Å². The third-order valence-electron chi connectivity index (χ3n) is 6.26. The number of rotatable bonds is 10. The summed E-state index contributed by atoms with van der Waals surface area (Å²) in [5, 5.41) is 11.2. The van der Waals surface area contributed by atoms with Gasteiger partial charge in [0.2, 0.25) is 0 Å². The number of aliphatic hydroxyl groups excluding tert-OH is 1. The lowest BCUT2D eigenvalue weighted by Crippen LogP contribution is -2.31. The van der Waals surface area contributed by atoms with Crippen molar-refractivity contribution in [3.8, 4) is 5.75 Å². The van der Waals surface area contributed by atoms with Crippen LogP contribution in [0.4, 0.5) is 4.39 Å². The first-order valence-electron chi connectivity index (χ1n) is 12.2. The van der Waals surface area contributed by atoms with Gasteiger partial charge in [-0.15, -0.1) is 0 Å². The maximum Gasteiger partial charge on any atom is 0.295 e. The molecule has 2 heterocycles. The van der Waals surface area contributed by atoms with E-state index in [1.54, 1.807) is 60.9 Å². The molecule has 0 bridgehead atoms. The van der Waals surface area contributed by atoms with Gasteiger partial charge in [-0.3, -0.25) is 14.6 Å². The zero-order chi connectivity index (χ0) is 25.5. The highest BCUT2D eigenvalue weighted by molar-refractivity contribution is 6.46. The van der Waals surface area contributed by atoms with E-state index < -0.39 is 17.7 Å². The van der Waals surface area contributed by atoms with Crippen molar-refractivity contribution in [3.05, 3.63) is 101 Å². The van der Waals surface area contributed by atoms with Crippen LogP contribution in [0.25, 0.3) is 5.76 Å². The number of Topliss-reactive ketones (excluding diaryl/α,β-unsaturated/α-hetero) is 1. The molecule has 1 aromatic heterocycles. The van der Waals surface area contributed by atoms with Gasteiger partial charge in [0.05, 0.1) is 18.2 Å². The fourth-order valence-electron chi connectivity index (χ4n) is 4.31. The van der Waals surface area contributed by atoms with Crippen molar-refractivity contribution < 1.29 is 23.8 Å². The third-order valence-corrected chi connectivity index (χ3v) is 6.26. The molecule has 1 N–H and O–H groups in total. The minimum Gasteiger partial charge on any atom is -0.507 e. The Morgan fingerprint density at radius 2 is 1.69 bits per heavy atom. The molecular formula is C29H29FN2O4. The molecule has 1 aliphatic heterocycles. The number of halogens is 1. The first-order chi connectivity index (χ1) is 17.5. The van der Waals surface area contributed by atoms with Gasteiger partial charge in [0.1, 0.15) is 17.3 Å². The molecule has 0 spiro atoms. The van der Waals surface area contributed by atoms with Gasteiger partial charge in [-0.25, -0.2) is 4.39 Å². The Morgan fingerprint density at radius 3 is 2.36 bits per heavy atom. The van der Waals surface area contributed by atoms with Crippen LogP contribution in [-0.2, 0) is 16.0 Å². The minimum absolute atomic E-state index is 0.0296. The summed E-state index contributed by atoms with van der Waals surface area (Å²) in [6.07, 6.45) is 6.76. The van der Waals surface area contributed by atoms with Crippen molar-refractivity contribution in [2.75, 3.05) is 13.2 Å². The molecular weight excluding hydrogens is 459 g/mol. The Kier molecular flexibility index (Phi) is 8.10. The number of ether oxygens (including phenoxy) is 1. The van der Waals surface area contributed by atoms with E-state index in [1.807, 2.05) is 0 Å². The molecule has 186 valence electrons. The van der Waals surface area contributed by atoms with Crippen molar-refractivity contribution >= 4 is 17.4 Å². The lowest BCUT2D eigenvalue weighted by atomic mass is 9.96. The van der Waals surface area contributed by atoms with Crippen LogP contribution in [0.5, 0.6) is 5.75 Å². The van der Waals surface area contributed by atoms with E-state index in [0.29, 0.717) is 29.9 Å². The molecule has 2 aromatic carbocycles. The van der Waals surface area contributed by atoms with Crippen LogP contribution in [0.15, 0.2) is 78.6 Å². The van der Waals surface area contributed by atoms with E-state index in [1.165, 1.54) is 17.0 Å². The molecule has 1 aliphatic rings. The van der Waals surface area contributed by atoms with Crippen molar-refractivity contribution in [3.63, 3.8) is 0 Å². The second-order valence-corrected chi connectivity index (χ2v) is 8.73. The number of ketones is 1. The molecule has 1 unspecified atom stereocenters. The Labute approximate surface area is 210 Å². The predicted molar refractivity (Wildman–Crippen MR) is 135 cm³/mol. The molecule has 4 rings (SSSR count). The molecule has 1 amide bonds. The molecule has 0 radical (unpaired) electrons. The highest BCUT2D eigenvalue weighted by atomic mass is 19.1. The highest BCUT2D eigenvalue weighted by Gasteiger charge is 2.45. The zero-order valence-corrected chi connectivity index (χ0v) is 20.2. The number of nitrogens with zero attached hydrogens (tertiary/aromatic N) is 2. The van der Waals surface area contributed by atoms with Gasteiger partial charge in [0.15, 0.2) is 0 Å². The highest BCUT2D eigenvalue weighted by Crippen LogP contribution is 2.39.